The second-order valence-electron chi connectivity index (χ2n) is 7.11. The molecule has 1 atom stereocenters. The number of nitrogens with one attached hydrogen (secondary N) is 1. The van der Waals surface area contributed by atoms with Crippen LogP contribution in [0.2, 0.25) is 0 Å². The Kier molecular flexibility index (Phi) is 6.45. The van der Waals surface area contributed by atoms with Crippen LogP contribution in [0.5, 0.6) is 0 Å². The van der Waals surface area contributed by atoms with Crippen LogP contribution in [-0.2, 0) is 4.79 Å². The highest BCUT2D eigenvalue weighted by molar-refractivity contribution is 5.74. The lowest BCUT2D eigenvalue weighted by atomic mass is 9.93. The molecular weight excluding hydrogens is 270 g/mol. The van der Waals surface area contributed by atoms with Crippen molar-refractivity contribution in [1.29, 1.82) is 0 Å². The van der Waals surface area contributed by atoms with Gasteiger partial charge in [0.25, 0.3) is 0 Å². The minimum Gasteiger partial charge on any atom is -0.481 e. The molecule has 0 bridgehead atoms. The summed E-state index contributed by atoms with van der Waals surface area (Å²) in [5, 5.41) is 11.8. The molecule has 0 saturated carbocycles. The zero-order valence-corrected chi connectivity index (χ0v) is 13.7. The van der Waals surface area contributed by atoms with Crippen molar-refractivity contribution in [3.63, 3.8) is 0 Å². The van der Waals surface area contributed by atoms with Gasteiger partial charge in [0.15, 0.2) is 0 Å². The molecule has 0 radical (unpaired) electrons. The molecule has 1 saturated heterocycles. The van der Waals surface area contributed by atoms with E-state index in [-0.39, 0.29) is 23.8 Å². The molecule has 21 heavy (non-hydrogen) atoms. The lowest BCUT2D eigenvalue weighted by Gasteiger charge is -2.34. The van der Waals surface area contributed by atoms with Crippen LogP contribution in [0, 0.1) is 11.3 Å². The maximum absolute atomic E-state index is 12.2. The predicted octanol–water partition coefficient (Wildman–Crippen LogP) is 1.47. The summed E-state index contributed by atoms with van der Waals surface area (Å²) in [4.78, 5) is 26.9. The van der Waals surface area contributed by atoms with Gasteiger partial charge in [-0.15, -0.1) is 0 Å². The van der Waals surface area contributed by atoms with Crippen LogP contribution < -0.4 is 5.32 Å². The number of carboxylic acids is 1. The summed E-state index contributed by atoms with van der Waals surface area (Å²) in [6, 6.07) is -0.0723. The quantitative estimate of drug-likeness (QED) is 0.779. The first-order valence-electron chi connectivity index (χ1n) is 7.59. The third-order valence-corrected chi connectivity index (χ3v) is 3.73. The molecule has 0 aromatic carbocycles. The molecule has 0 spiro atoms. The average Bonchev–Trinajstić information content (AvgIpc) is 2.34. The Morgan fingerprint density at radius 2 is 2.05 bits per heavy atom. The fraction of sp³-hybridized carbons (Fsp3) is 0.867. The van der Waals surface area contributed by atoms with Crippen molar-refractivity contribution in [2.75, 3.05) is 40.3 Å². The number of hydrogen-bond donors (Lipinski definition) is 2. The number of likely N-dealkylation sites (tertiary alicyclic amines) is 1. The Morgan fingerprint density at radius 3 is 2.62 bits per heavy atom. The average molecular weight is 299 g/mol. The highest BCUT2D eigenvalue weighted by Crippen LogP contribution is 2.20. The van der Waals surface area contributed by atoms with Gasteiger partial charge in [-0.05, 0) is 38.3 Å². The first-order chi connectivity index (χ1) is 9.69. The van der Waals surface area contributed by atoms with Crippen LogP contribution >= 0.6 is 0 Å². The van der Waals surface area contributed by atoms with E-state index in [0.717, 1.165) is 25.9 Å². The van der Waals surface area contributed by atoms with Crippen LogP contribution in [0.3, 0.4) is 0 Å². The van der Waals surface area contributed by atoms with E-state index in [1.54, 1.807) is 4.90 Å². The fourth-order valence-corrected chi connectivity index (χ4v) is 3.00. The molecule has 2 amide bonds. The molecule has 6 nitrogen and oxygen atoms in total. The van der Waals surface area contributed by atoms with Crippen molar-refractivity contribution in [1.82, 2.24) is 15.1 Å². The fourth-order valence-electron chi connectivity index (χ4n) is 3.00. The molecule has 122 valence electrons. The summed E-state index contributed by atoms with van der Waals surface area (Å²) in [5.74, 6) is -0.703. The summed E-state index contributed by atoms with van der Waals surface area (Å²) in [5.41, 5.74) is 0.00934. The predicted molar refractivity (Wildman–Crippen MR) is 82.3 cm³/mol. The number of hydrogen-bond acceptors (Lipinski definition) is 3. The minimum absolute atomic E-state index is 0.00934. The minimum atomic E-state index is -0.783. The smallest absolute Gasteiger partial charge is 0.317 e. The van der Waals surface area contributed by atoms with Gasteiger partial charge in [-0.25, -0.2) is 4.79 Å². The number of aliphatic carboxylic acids is 1. The zero-order valence-electron chi connectivity index (χ0n) is 13.7. The van der Waals surface area contributed by atoms with Gasteiger partial charge in [-0.3, -0.25) is 4.79 Å². The normalized spacial score (nSPS) is 19.7. The Balaban J connectivity index is 2.42. The van der Waals surface area contributed by atoms with Gasteiger partial charge in [-0.2, -0.15) is 0 Å². The maximum atomic E-state index is 12.2. The lowest BCUT2D eigenvalue weighted by molar-refractivity contribution is -0.138. The summed E-state index contributed by atoms with van der Waals surface area (Å²) in [6.45, 7) is 7.02. The highest BCUT2D eigenvalue weighted by Gasteiger charge is 2.26. The van der Waals surface area contributed by atoms with Gasteiger partial charge < -0.3 is 20.2 Å². The molecule has 0 aliphatic carbocycles. The van der Waals surface area contributed by atoms with Gasteiger partial charge in [0.1, 0.15) is 0 Å². The molecular formula is C15H29N3O3. The number of piperidine rings is 1. The van der Waals surface area contributed by atoms with Gasteiger partial charge in [-0.1, -0.05) is 13.8 Å². The third kappa shape index (κ3) is 6.80. The van der Waals surface area contributed by atoms with E-state index >= 15 is 0 Å². The summed E-state index contributed by atoms with van der Waals surface area (Å²) >= 11 is 0. The number of carbonyl (C=O) groups is 2. The number of urea groups is 1. The molecule has 2 N–H and O–H groups in total. The van der Waals surface area contributed by atoms with E-state index in [0.29, 0.717) is 13.1 Å². The van der Waals surface area contributed by atoms with Gasteiger partial charge in [0.05, 0.1) is 0 Å². The number of carbonyl (C=O) groups excluding carboxylic acids is 1. The first kappa shape index (κ1) is 17.8. The van der Waals surface area contributed by atoms with Crippen molar-refractivity contribution in [3.8, 4) is 0 Å². The SMILES string of the molecule is CN(C)CC(C)(C)CNC(=O)N1CCCC(CC(=O)O)C1. The standard InChI is InChI=1S/C15H29N3O3/c1-15(2,11-17(3)4)10-16-14(21)18-7-5-6-12(9-18)8-13(19)20/h12H,5-11H2,1-4H3,(H,16,21)(H,19,20). The monoisotopic (exact) mass is 299 g/mol. The van der Waals surface area contributed by atoms with Gasteiger partial charge in [0.2, 0.25) is 0 Å². The van der Waals surface area contributed by atoms with Crippen molar-refractivity contribution < 1.29 is 14.7 Å². The van der Waals surface area contributed by atoms with Crippen LogP contribution in [0.15, 0.2) is 0 Å². The zero-order chi connectivity index (χ0) is 16.0. The highest BCUT2D eigenvalue weighted by atomic mass is 16.4. The van der Waals surface area contributed by atoms with Crippen molar-refractivity contribution in [3.05, 3.63) is 0 Å². The Labute approximate surface area is 127 Å². The first-order valence-corrected chi connectivity index (χ1v) is 7.59. The van der Waals surface area contributed by atoms with E-state index in [9.17, 15) is 9.59 Å². The maximum Gasteiger partial charge on any atom is 0.317 e. The molecule has 1 fully saturated rings. The molecule has 1 unspecified atom stereocenters. The second-order valence-corrected chi connectivity index (χ2v) is 7.11. The van der Waals surface area contributed by atoms with E-state index in [1.165, 1.54) is 0 Å². The molecule has 1 heterocycles. The Hall–Kier alpha value is -1.30. The number of carboxylic acid groups (broad SMARTS) is 1. The molecule has 1 rings (SSSR count). The molecule has 6 heteroatoms. The van der Waals surface area contributed by atoms with E-state index in [2.05, 4.69) is 24.1 Å². The van der Waals surface area contributed by atoms with Gasteiger partial charge in [0, 0.05) is 32.6 Å². The summed E-state index contributed by atoms with van der Waals surface area (Å²) < 4.78 is 0. The summed E-state index contributed by atoms with van der Waals surface area (Å²) in [7, 11) is 4.04. The van der Waals surface area contributed by atoms with Crippen molar-refractivity contribution >= 4 is 12.0 Å². The summed E-state index contributed by atoms with van der Waals surface area (Å²) in [6.07, 6.45) is 1.92. The molecule has 0 aromatic heterocycles. The largest absolute Gasteiger partial charge is 0.481 e. The van der Waals surface area contributed by atoms with Crippen molar-refractivity contribution in [2.24, 2.45) is 11.3 Å². The van der Waals surface area contributed by atoms with Crippen LogP contribution in [0.4, 0.5) is 4.79 Å². The van der Waals surface area contributed by atoms with Gasteiger partial charge >= 0.3 is 12.0 Å². The van der Waals surface area contributed by atoms with Crippen LogP contribution in [0.1, 0.15) is 33.1 Å². The topological polar surface area (TPSA) is 72.9 Å². The van der Waals surface area contributed by atoms with E-state index in [4.69, 9.17) is 5.11 Å². The number of amides is 2. The van der Waals surface area contributed by atoms with E-state index in [1.807, 2.05) is 14.1 Å². The number of nitrogens with zero attached hydrogens (tertiary/aromatic N) is 2. The molecule has 1 aliphatic heterocycles. The second kappa shape index (κ2) is 7.64. The van der Waals surface area contributed by atoms with Crippen LogP contribution in [-0.4, -0.2) is 67.2 Å². The van der Waals surface area contributed by atoms with E-state index < -0.39 is 5.97 Å². The third-order valence-electron chi connectivity index (χ3n) is 3.73. The molecule has 0 aromatic rings. The molecule has 1 aliphatic rings. The van der Waals surface area contributed by atoms with Crippen molar-refractivity contribution in [2.45, 2.75) is 33.1 Å². The lowest BCUT2D eigenvalue weighted by Crippen LogP contribution is -2.49. The Morgan fingerprint density at radius 1 is 1.38 bits per heavy atom. The Bertz CT molecular complexity index is 369. The van der Waals surface area contributed by atoms with Crippen LogP contribution in [0.25, 0.3) is 0 Å². The number of rotatable bonds is 6.